The predicted octanol–water partition coefficient (Wildman–Crippen LogP) is 3.24. The van der Waals surface area contributed by atoms with Crippen LogP contribution >= 0.6 is 0 Å². The molecule has 4 heteroatoms. The van der Waals surface area contributed by atoms with Gasteiger partial charge in [0, 0.05) is 0 Å². The lowest BCUT2D eigenvalue weighted by Crippen LogP contribution is -2.29. The molecule has 1 atom stereocenters. The Kier molecular flexibility index (Phi) is 6.63. The monoisotopic (exact) mass is 313 g/mol. The van der Waals surface area contributed by atoms with E-state index in [2.05, 4.69) is 24.3 Å². The van der Waals surface area contributed by atoms with Crippen LogP contribution in [0.25, 0.3) is 0 Å². The van der Waals surface area contributed by atoms with Crippen molar-refractivity contribution in [2.24, 2.45) is 5.73 Å². The zero-order valence-electron chi connectivity index (χ0n) is 13.2. The number of benzene rings is 2. The SMILES string of the molecule is NC(CCCCOc1ccc(Cc2ccccc2)cc1)C(=O)O. The summed E-state index contributed by atoms with van der Waals surface area (Å²) in [5.74, 6) is -0.107. The predicted molar refractivity (Wildman–Crippen MR) is 90.6 cm³/mol. The molecule has 23 heavy (non-hydrogen) atoms. The molecular formula is C19H23NO3. The van der Waals surface area contributed by atoms with Crippen molar-refractivity contribution in [2.45, 2.75) is 31.7 Å². The first-order valence-electron chi connectivity index (χ1n) is 7.89. The van der Waals surface area contributed by atoms with Crippen molar-refractivity contribution in [2.75, 3.05) is 6.61 Å². The number of rotatable bonds is 9. The van der Waals surface area contributed by atoms with Crippen LogP contribution in [-0.2, 0) is 11.2 Å². The first-order chi connectivity index (χ1) is 11.1. The number of unbranched alkanes of at least 4 members (excludes halogenated alkanes) is 1. The van der Waals surface area contributed by atoms with Crippen molar-refractivity contribution in [3.63, 3.8) is 0 Å². The highest BCUT2D eigenvalue weighted by molar-refractivity contribution is 5.72. The fourth-order valence-electron chi connectivity index (χ4n) is 2.31. The van der Waals surface area contributed by atoms with Gasteiger partial charge in [-0.2, -0.15) is 0 Å². The Morgan fingerprint density at radius 2 is 1.65 bits per heavy atom. The van der Waals surface area contributed by atoms with Crippen molar-refractivity contribution >= 4 is 5.97 Å². The zero-order chi connectivity index (χ0) is 16.5. The second-order valence-corrected chi connectivity index (χ2v) is 5.60. The number of carboxylic acids is 1. The molecule has 0 saturated carbocycles. The van der Waals surface area contributed by atoms with E-state index in [0.29, 0.717) is 13.0 Å². The van der Waals surface area contributed by atoms with E-state index in [9.17, 15) is 4.79 Å². The zero-order valence-corrected chi connectivity index (χ0v) is 13.2. The van der Waals surface area contributed by atoms with Gasteiger partial charge >= 0.3 is 5.97 Å². The molecule has 0 heterocycles. The van der Waals surface area contributed by atoms with Gasteiger partial charge in [-0.1, -0.05) is 42.5 Å². The van der Waals surface area contributed by atoms with Crippen LogP contribution in [0.15, 0.2) is 54.6 Å². The molecule has 0 radical (unpaired) electrons. The first kappa shape index (κ1) is 17.0. The average molecular weight is 313 g/mol. The van der Waals surface area contributed by atoms with E-state index < -0.39 is 12.0 Å². The standard InChI is InChI=1S/C19H23NO3/c20-18(19(21)22)8-4-5-13-23-17-11-9-16(10-12-17)14-15-6-2-1-3-7-15/h1-3,6-7,9-12,18H,4-5,8,13-14,20H2,(H,21,22). The lowest BCUT2D eigenvalue weighted by Gasteiger charge is -2.09. The number of carboxylic acid groups (broad SMARTS) is 1. The van der Waals surface area contributed by atoms with E-state index in [-0.39, 0.29) is 0 Å². The van der Waals surface area contributed by atoms with Crippen LogP contribution in [0.5, 0.6) is 5.75 Å². The van der Waals surface area contributed by atoms with E-state index in [0.717, 1.165) is 25.0 Å². The summed E-state index contributed by atoms with van der Waals surface area (Å²) in [4.78, 5) is 10.6. The highest BCUT2D eigenvalue weighted by Crippen LogP contribution is 2.15. The molecule has 3 N–H and O–H groups in total. The molecular weight excluding hydrogens is 290 g/mol. The maximum atomic E-state index is 10.6. The van der Waals surface area contributed by atoms with Gasteiger partial charge in [0.2, 0.25) is 0 Å². The third kappa shape index (κ3) is 6.12. The number of carbonyl (C=O) groups is 1. The summed E-state index contributed by atoms with van der Waals surface area (Å²) >= 11 is 0. The Hall–Kier alpha value is -2.33. The lowest BCUT2D eigenvalue weighted by molar-refractivity contribution is -0.138. The maximum Gasteiger partial charge on any atom is 0.320 e. The second kappa shape index (κ2) is 8.96. The highest BCUT2D eigenvalue weighted by atomic mass is 16.5. The van der Waals surface area contributed by atoms with Crippen LogP contribution in [0.1, 0.15) is 30.4 Å². The summed E-state index contributed by atoms with van der Waals surface area (Å²) in [5, 5.41) is 8.69. The minimum absolute atomic E-state index is 0.481. The van der Waals surface area contributed by atoms with Crippen LogP contribution in [0.3, 0.4) is 0 Å². The van der Waals surface area contributed by atoms with Crippen molar-refractivity contribution in [3.05, 3.63) is 65.7 Å². The quantitative estimate of drug-likeness (QED) is 0.697. The third-order valence-corrected chi connectivity index (χ3v) is 3.67. The van der Waals surface area contributed by atoms with Gasteiger partial charge in [0.25, 0.3) is 0 Å². The minimum atomic E-state index is -0.945. The van der Waals surface area contributed by atoms with Gasteiger partial charge in [-0.3, -0.25) is 4.79 Å². The van der Waals surface area contributed by atoms with Crippen molar-refractivity contribution in [3.8, 4) is 5.75 Å². The molecule has 1 unspecified atom stereocenters. The highest BCUT2D eigenvalue weighted by Gasteiger charge is 2.09. The Bertz CT molecular complexity index is 596. The Labute approximate surface area is 136 Å². The van der Waals surface area contributed by atoms with Crippen LogP contribution in [-0.4, -0.2) is 23.7 Å². The van der Waals surface area contributed by atoms with E-state index in [1.165, 1.54) is 11.1 Å². The van der Waals surface area contributed by atoms with Crippen LogP contribution in [0, 0.1) is 0 Å². The maximum absolute atomic E-state index is 10.6. The third-order valence-electron chi connectivity index (χ3n) is 3.67. The molecule has 0 spiro atoms. The Balaban J connectivity index is 1.70. The van der Waals surface area contributed by atoms with Gasteiger partial charge in [0.15, 0.2) is 0 Å². The Morgan fingerprint density at radius 3 is 2.30 bits per heavy atom. The molecule has 2 aromatic carbocycles. The van der Waals surface area contributed by atoms with E-state index in [1.54, 1.807) is 0 Å². The topological polar surface area (TPSA) is 72.5 Å². The van der Waals surface area contributed by atoms with Crippen LogP contribution < -0.4 is 10.5 Å². The van der Waals surface area contributed by atoms with Gasteiger partial charge in [-0.05, 0) is 48.9 Å². The summed E-state index contributed by atoms with van der Waals surface area (Å²) in [7, 11) is 0. The molecule has 0 aliphatic carbocycles. The van der Waals surface area contributed by atoms with Crippen LogP contribution in [0.4, 0.5) is 0 Å². The molecule has 0 aromatic heterocycles. The number of hydrogen-bond acceptors (Lipinski definition) is 3. The first-order valence-corrected chi connectivity index (χ1v) is 7.89. The smallest absolute Gasteiger partial charge is 0.320 e. The van der Waals surface area contributed by atoms with Gasteiger partial charge in [0.05, 0.1) is 6.61 Å². The molecule has 0 aliphatic heterocycles. The number of aliphatic carboxylic acids is 1. The summed E-state index contributed by atoms with van der Waals surface area (Å²) in [5.41, 5.74) is 7.98. The summed E-state index contributed by atoms with van der Waals surface area (Å²) < 4.78 is 5.67. The molecule has 0 aliphatic rings. The van der Waals surface area contributed by atoms with E-state index in [4.69, 9.17) is 15.6 Å². The van der Waals surface area contributed by atoms with Gasteiger partial charge < -0.3 is 15.6 Å². The molecule has 122 valence electrons. The molecule has 2 rings (SSSR count). The molecule has 0 saturated heterocycles. The summed E-state index contributed by atoms with van der Waals surface area (Å²) in [6.07, 6.45) is 2.94. The molecule has 2 aromatic rings. The van der Waals surface area contributed by atoms with E-state index >= 15 is 0 Å². The molecule has 0 bridgehead atoms. The molecule has 0 amide bonds. The molecule has 4 nitrogen and oxygen atoms in total. The number of nitrogens with two attached hydrogens (primary N) is 1. The van der Waals surface area contributed by atoms with Gasteiger partial charge in [-0.15, -0.1) is 0 Å². The minimum Gasteiger partial charge on any atom is -0.494 e. The summed E-state index contributed by atoms with van der Waals surface area (Å²) in [6, 6.07) is 17.7. The average Bonchev–Trinajstić information content (AvgIpc) is 2.56. The summed E-state index contributed by atoms with van der Waals surface area (Å²) in [6.45, 7) is 0.574. The van der Waals surface area contributed by atoms with Crippen molar-refractivity contribution in [1.29, 1.82) is 0 Å². The number of ether oxygens (including phenoxy) is 1. The fourth-order valence-corrected chi connectivity index (χ4v) is 2.31. The van der Waals surface area contributed by atoms with Gasteiger partial charge in [-0.25, -0.2) is 0 Å². The largest absolute Gasteiger partial charge is 0.494 e. The normalized spacial score (nSPS) is 11.9. The number of hydrogen-bond donors (Lipinski definition) is 2. The van der Waals surface area contributed by atoms with Crippen molar-refractivity contribution in [1.82, 2.24) is 0 Å². The lowest BCUT2D eigenvalue weighted by atomic mass is 10.1. The molecule has 0 fully saturated rings. The van der Waals surface area contributed by atoms with Crippen molar-refractivity contribution < 1.29 is 14.6 Å². The fraction of sp³-hybridized carbons (Fsp3) is 0.316. The second-order valence-electron chi connectivity index (χ2n) is 5.60. The van der Waals surface area contributed by atoms with E-state index in [1.807, 2.05) is 30.3 Å². The Morgan fingerprint density at radius 1 is 1.00 bits per heavy atom. The van der Waals surface area contributed by atoms with Gasteiger partial charge in [0.1, 0.15) is 11.8 Å². The van der Waals surface area contributed by atoms with Crippen LogP contribution in [0.2, 0.25) is 0 Å².